The number of aliphatic imine (C=N–C) groups is 1. The van der Waals surface area contributed by atoms with Crippen LogP contribution in [0.5, 0.6) is 11.6 Å². The lowest BCUT2D eigenvalue weighted by Gasteiger charge is -2.10. The molecule has 1 aromatic heterocycles. The fraction of sp³-hybridized carbons (Fsp3) is 0.143. The molecule has 0 saturated carbocycles. The van der Waals surface area contributed by atoms with E-state index < -0.39 is 0 Å². The predicted molar refractivity (Wildman–Crippen MR) is 75.2 cm³/mol. The van der Waals surface area contributed by atoms with Gasteiger partial charge in [-0.15, -0.1) is 0 Å². The van der Waals surface area contributed by atoms with Crippen molar-refractivity contribution >= 4 is 17.4 Å². The Hall–Kier alpha value is -2.07. The van der Waals surface area contributed by atoms with E-state index in [-0.39, 0.29) is 0 Å². The number of hydrogen-bond acceptors (Lipinski definition) is 4. The Morgan fingerprint density at radius 2 is 2.05 bits per heavy atom. The van der Waals surface area contributed by atoms with Gasteiger partial charge in [-0.1, -0.05) is 23.7 Å². The van der Waals surface area contributed by atoms with Crippen molar-refractivity contribution < 1.29 is 4.74 Å². The normalized spacial score (nSPS) is 13.8. The second-order valence-corrected chi connectivity index (χ2v) is 4.45. The molecule has 4 nitrogen and oxygen atoms in total. The van der Waals surface area contributed by atoms with Crippen LogP contribution < -0.4 is 10.1 Å². The number of para-hydroxylation sites is 1. The first-order valence-electron chi connectivity index (χ1n) is 6.01. The second-order valence-electron chi connectivity index (χ2n) is 4.05. The highest BCUT2D eigenvalue weighted by Crippen LogP contribution is 2.29. The summed E-state index contributed by atoms with van der Waals surface area (Å²) >= 11 is 6.09. The van der Waals surface area contributed by atoms with Crippen LogP contribution in [0.2, 0.25) is 5.02 Å². The lowest BCUT2D eigenvalue weighted by atomic mass is 10.2. The summed E-state index contributed by atoms with van der Waals surface area (Å²) in [5, 5.41) is 3.77. The third-order valence-electron chi connectivity index (χ3n) is 2.74. The van der Waals surface area contributed by atoms with Crippen LogP contribution in [0.25, 0.3) is 0 Å². The van der Waals surface area contributed by atoms with E-state index in [1.807, 2.05) is 30.3 Å². The number of halogens is 1. The number of pyridine rings is 1. The summed E-state index contributed by atoms with van der Waals surface area (Å²) in [5.74, 6) is 1.90. The smallest absolute Gasteiger partial charge is 0.230 e. The van der Waals surface area contributed by atoms with E-state index in [4.69, 9.17) is 16.3 Å². The van der Waals surface area contributed by atoms with Crippen molar-refractivity contribution in [3.05, 3.63) is 53.2 Å². The standard InChI is InChI=1S/C14H12ClN3O/c15-11-5-1-2-6-12(11)19-14-10(4-3-7-18-14)13-16-8-9-17-13/h1-7H,8-9H2,(H,16,17). The largest absolute Gasteiger partial charge is 0.437 e. The Labute approximate surface area is 116 Å². The molecule has 0 bridgehead atoms. The third-order valence-corrected chi connectivity index (χ3v) is 3.06. The number of nitrogens with one attached hydrogen (secondary N) is 1. The lowest BCUT2D eigenvalue weighted by molar-refractivity contribution is 0.462. The van der Waals surface area contributed by atoms with Crippen molar-refractivity contribution in [2.45, 2.75) is 0 Å². The van der Waals surface area contributed by atoms with Gasteiger partial charge in [-0.25, -0.2) is 4.98 Å². The summed E-state index contributed by atoms with van der Waals surface area (Å²) in [6.45, 7) is 1.62. The third kappa shape index (κ3) is 2.53. The Morgan fingerprint density at radius 1 is 1.16 bits per heavy atom. The molecule has 0 aliphatic carbocycles. The maximum atomic E-state index is 6.09. The van der Waals surface area contributed by atoms with Crippen molar-refractivity contribution in [3.63, 3.8) is 0 Å². The topological polar surface area (TPSA) is 46.5 Å². The molecular formula is C14H12ClN3O. The van der Waals surface area contributed by atoms with Crippen LogP contribution in [0, 0.1) is 0 Å². The van der Waals surface area contributed by atoms with Crippen LogP contribution in [0.1, 0.15) is 5.56 Å². The monoisotopic (exact) mass is 273 g/mol. The van der Waals surface area contributed by atoms with E-state index in [0.717, 1.165) is 24.5 Å². The average molecular weight is 274 g/mol. The minimum absolute atomic E-state index is 0.503. The van der Waals surface area contributed by atoms with E-state index >= 15 is 0 Å². The molecule has 1 aromatic carbocycles. The molecule has 0 fully saturated rings. The van der Waals surface area contributed by atoms with E-state index in [1.54, 1.807) is 12.3 Å². The number of benzene rings is 1. The van der Waals surface area contributed by atoms with Gasteiger partial charge in [0.2, 0.25) is 5.88 Å². The molecule has 1 N–H and O–H groups in total. The Bertz CT molecular complexity index is 628. The Balaban J connectivity index is 1.95. The zero-order valence-corrected chi connectivity index (χ0v) is 10.9. The van der Waals surface area contributed by atoms with Crippen LogP contribution >= 0.6 is 11.6 Å². The van der Waals surface area contributed by atoms with Crippen LogP contribution in [-0.4, -0.2) is 23.9 Å². The van der Waals surface area contributed by atoms with Crippen molar-refractivity contribution in [3.8, 4) is 11.6 Å². The molecule has 2 aromatic rings. The van der Waals surface area contributed by atoms with E-state index in [9.17, 15) is 0 Å². The highest BCUT2D eigenvalue weighted by Gasteiger charge is 2.15. The molecule has 0 spiro atoms. The van der Waals surface area contributed by atoms with Gasteiger partial charge in [0, 0.05) is 12.7 Å². The molecule has 5 heteroatoms. The summed E-state index contributed by atoms with van der Waals surface area (Å²) in [4.78, 5) is 8.64. The van der Waals surface area contributed by atoms with Crippen molar-refractivity contribution in [1.29, 1.82) is 0 Å². The average Bonchev–Trinajstić information content (AvgIpc) is 2.96. The van der Waals surface area contributed by atoms with Crippen molar-refractivity contribution in [2.75, 3.05) is 13.1 Å². The van der Waals surface area contributed by atoms with Crippen LogP contribution in [0.4, 0.5) is 0 Å². The number of amidine groups is 1. The van der Waals surface area contributed by atoms with Gasteiger partial charge in [0.25, 0.3) is 0 Å². The number of hydrogen-bond donors (Lipinski definition) is 1. The lowest BCUT2D eigenvalue weighted by Crippen LogP contribution is -2.20. The van der Waals surface area contributed by atoms with Crippen molar-refractivity contribution in [2.24, 2.45) is 4.99 Å². The summed E-state index contributed by atoms with van der Waals surface area (Å²) < 4.78 is 5.79. The summed E-state index contributed by atoms with van der Waals surface area (Å²) in [6.07, 6.45) is 1.69. The quantitative estimate of drug-likeness (QED) is 0.935. The van der Waals surface area contributed by atoms with Crippen LogP contribution in [-0.2, 0) is 0 Å². The van der Waals surface area contributed by atoms with Gasteiger partial charge in [0.15, 0.2) is 0 Å². The van der Waals surface area contributed by atoms with E-state index in [1.165, 1.54) is 0 Å². The van der Waals surface area contributed by atoms with Gasteiger partial charge >= 0.3 is 0 Å². The molecule has 0 unspecified atom stereocenters. The summed E-state index contributed by atoms with van der Waals surface area (Å²) in [7, 11) is 0. The van der Waals surface area contributed by atoms with Gasteiger partial charge in [-0.2, -0.15) is 0 Å². The summed E-state index contributed by atoms with van der Waals surface area (Å²) in [5.41, 5.74) is 0.847. The Morgan fingerprint density at radius 3 is 2.84 bits per heavy atom. The predicted octanol–water partition coefficient (Wildman–Crippen LogP) is 2.88. The molecule has 19 heavy (non-hydrogen) atoms. The molecule has 0 radical (unpaired) electrons. The van der Waals surface area contributed by atoms with Gasteiger partial charge in [-0.05, 0) is 24.3 Å². The molecule has 96 valence electrons. The Kier molecular flexibility index (Phi) is 3.33. The first kappa shape index (κ1) is 12.0. The highest BCUT2D eigenvalue weighted by molar-refractivity contribution is 6.32. The van der Waals surface area contributed by atoms with Crippen molar-refractivity contribution in [1.82, 2.24) is 10.3 Å². The molecule has 1 aliphatic heterocycles. The van der Waals surface area contributed by atoms with E-state index in [0.29, 0.717) is 16.7 Å². The minimum Gasteiger partial charge on any atom is -0.437 e. The van der Waals surface area contributed by atoms with Gasteiger partial charge in [-0.3, -0.25) is 4.99 Å². The zero-order chi connectivity index (χ0) is 13.1. The number of ether oxygens (including phenoxy) is 1. The molecule has 0 saturated heterocycles. The second kappa shape index (κ2) is 5.28. The molecule has 0 atom stereocenters. The molecule has 0 amide bonds. The number of nitrogens with zero attached hydrogens (tertiary/aromatic N) is 2. The van der Waals surface area contributed by atoms with Crippen LogP contribution in [0.15, 0.2) is 47.6 Å². The maximum absolute atomic E-state index is 6.09. The number of aromatic nitrogens is 1. The number of rotatable bonds is 3. The van der Waals surface area contributed by atoms with Crippen LogP contribution in [0.3, 0.4) is 0 Å². The van der Waals surface area contributed by atoms with E-state index in [2.05, 4.69) is 15.3 Å². The molecular weight excluding hydrogens is 262 g/mol. The first-order valence-corrected chi connectivity index (χ1v) is 6.38. The SMILES string of the molecule is Clc1ccccc1Oc1ncccc1C1=NCCN1. The molecule has 1 aliphatic rings. The van der Waals surface area contributed by atoms with Gasteiger partial charge < -0.3 is 10.1 Å². The first-order chi connectivity index (χ1) is 9.34. The molecule has 3 rings (SSSR count). The fourth-order valence-electron chi connectivity index (χ4n) is 1.86. The maximum Gasteiger partial charge on any atom is 0.230 e. The fourth-order valence-corrected chi connectivity index (χ4v) is 2.04. The van der Waals surface area contributed by atoms with Gasteiger partial charge in [0.1, 0.15) is 11.6 Å². The highest BCUT2D eigenvalue weighted by atomic mass is 35.5. The summed E-state index contributed by atoms with van der Waals surface area (Å²) in [6, 6.07) is 11.1. The molecule has 2 heterocycles. The minimum atomic E-state index is 0.503. The zero-order valence-electron chi connectivity index (χ0n) is 10.1. The van der Waals surface area contributed by atoms with Gasteiger partial charge in [0.05, 0.1) is 17.1 Å².